The van der Waals surface area contributed by atoms with Crippen molar-refractivity contribution in [2.75, 3.05) is 19.4 Å². The van der Waals surface area contributed by atoms with Crippen LogP contribution >= 0.6 is 0 Å². The van der Waals surface area contributed by atoms with E-state index in [0.29, 0.717) is 30.0 Å². The summed E-state index contributed by atoms with van der Waals surface area (Å²) in [6.07, 6.45) is 3.78. The van der Waals surface area contributed by atoms with Crippen molar-refractivity contribution >= 4 is 16.0 Å². The predicted molar refractivity (Wildman–Crippen MR) is 115 cm³/mol. The minimum absolute atomic E-state index is 0.0470. The molecule has 1 atom stereocenters. The maximum atomic E-state index is 13.4. The van der Waals surface area contributed by atoms with Crippen LogP contribution in [0.3, 0.4) is 0 Å². The Morgan fingerprint density at radius 1 is 1.16 bits per heavy atom. The highest BCUT2D eigenvalue weighted by Gasteiger charge is 2.36. The second kappa shape index (κ2) is 8.60. The van der Waals surface area contributed by atoms with Crippen LogP contribution < -0.4 is 10.5 Å². The summed E-state index contributed by atoms with van der Waals surface area (Å²) < 4.78 is 47.0. The Hall–Kier alpha value is -3.04. The maximum absolute atomic E-state index is 13.4. The number of halogens is 1. The minimum atomic E-state index is -3.86. The fourth-order valence-electron chi connectivity index (χ4n) is 3.88. The van der Waals surface area contributed by atoms with Gasteiger partial charge in [0.05, 0.1) is 23.7 Å². The normalized spacial score (nSPS) is 17.4. The van der Waals surface area contributed by atoms with Gasteiger partial charge in [0.15, 0.2) is 0 Å². The molecule has 1 aliphatic heterocycles. The lowest BCUT2D eigenvalue weighted by atomic mass is 9.95. The summed E-state index contributed by atoms with van der Waals surface area (Å²) in [5.74, 6) is 0.254. The van der Waals surface area contributed by atoms with Gasteiger partial charge in [-0.15, -0.1) is 0 Å². The molecule has 0 bridgehead atoms. The van der Waals surface area contributed by atoms with E-state index in [9.17, 15) is 12.8 Å². The van der Waals surface area contributed by atoms with E-state index in [-0.39, 0.29) is 10.8 Å². The summed E-state index contributed by atoms with van der Waals surface area (Å²) in [5.41, 5.74) is 7.94. The first-order valence-electron chi connectivity index (χ1n) is 9.94. The summed E-state index contributed by atoms with van der Waals surface area (Å²) in [7, 11) is -2.28. The van der Waals surface area contributed by atoms with Crippen molar-refractivity contribution in [2.45, 2.75) is 30.2 Å². The van der Waals surface area contributed by atoms with Gasteiger partial charge in [0, 0.05) is 18.3 Å². The second-order valence-corrected chi connectivity index (χ2v) is 9.23. The van der Waals surface area contributed by atoms with Gasteiger partial charge in [-0.3, -0.25) is 0 Å². The van der Waals surface area contributed by atoms with Crippen LogP contribution in [0.5, 0.6) is 5.75 Å². The first-order chi connectivity index (χ1) is 14.9. The third-order valence-electron chi connectivity index (χ3n) is 5.41. The fraction of sp³-hybridized carbons (Fsp3) is 0.273. The molecule has 7 nitrogen and oxygen atoms in total. The molecule has 0 radical (unpaired) electrons. The highest BCUT2D eigenvalue weighted by Crippen LogP contribution is 2.39. The average Bonchev–Trinajstić information content (AvgIpc) is 2.79. The number of benzene rings is 2. The predicted octanol–water partition coefficient (Wildman–Crippen LogP) is 3.79. The third kappa shape index (κ3) is 4.24. The summed E-state index contributed by atoms with van der Waals surface area (Å²) in [6.45, 7) is 0.339. The van der Waals surface area contributed by atoms with E-state index >= 15 is 0 Å². The molecule has 2 N–H and O–H groups in total. The van der Waals surface area contributed by atoms with Gasteiger partial charge in [0.25, 0.3) is 0 Å². The van der Waals surface area contributed by atoms with E-state index in [1.807, 2.05) is 24.3 Å². The van der Waals surface area contributed by atoms with Gasteiger partial charge in [0.2, 0.25) is 16.0 Å². The lowest BCUT2D eigenvalue weighted by molar-refractivity contribution is 0.252. The quantitative estimate of drug-likeness (QED) is 0.646. The number of methoxy groups -OCH3 is 1. The third-order valence-corrected chi connectivity index (χ3v) is 7.33. The number of nitrogens with zero attached hydrogens (tertiary/aromatic N) is 3. The summed E-state index contributed by atoms with van der Waals surface area (Å²) in [5, 5.41) is 0. The molecule has 0 aliphatic carbocycles. The minimum Gasteiger partial charge on any atom is -0.497 e. The highest BCUT2D eigenvalue weighted by molar-refractivity contribution is 7.89. The number of hydrogen-bond donors (Lipinski definition) is 1. The Morgan fingerprint density at radius 2 is 1.94 bits per heavy atom. The summed E-state index contributed by atoms with van der Waals surface area (Å²) in [4.78, 5) is 8.64. The molecule has 0 amide bonds. The molecule has 0 saturated carbocycles. The molecule has 1 aromatic heterocycles. The molecular weight excluding hydrogens is 419 g/mol. The Bertz CT molecular complexity index is 1190. The SMILES string of the molecule is COc1cccc(-c2cnc(N)nc2[C@H]2CCCCN2S(=O)(=O)c2ccc(F)cc2)c1. The van der Waals surface area contributed by atoms with Crippen molar-refractivity contribution in [2.24, 2.45) is 0 Å². The first-order valence-corrected chi connectivity index (χ1v) is 11.4. The van der Waals surface area contributed by atoms with Gasteiger partial charge in [-0.25, -0.2) is 22.8 Å². The largest absolute Gasteiger partial charge is 0.497 e. The molecule has 162 valence electrons. The lowest BCUT2D eigenvalue weighted by Crippen LogP contribution is -2.39. The van der Waals surface area contributed by atoms with Gasteiger partial charge in [0.1, 0.15) is 11.6 Å². The molecule has 9 heteroatoms. The molecule has 31 heavy (non-hydrogen) atoms. The Morgan fingerprint density at radius 3 is 2.68 bits per heavy atom. The number of aromatic nitrogens is 2. The van der Waals surface area contributed by atoms with E-state index in [4.69, 9.17) is 10.5 Å². The molecule has 1 saturated heterocycles. The van der Waals surface area contributed by atoms with Crippen LogP contribution in [0.2, 0.25) is 0 Å². The smallest absolute Gasteiger partial charge is 0.243 e. The van der Waals surface area contributed by atoms with Crippen molar-refractivity contribution in [3.63, 3.8) is 0 Å². The first kappa shape index (κ1) is 21.2. The zero-order valence-electron chi connectivity index (χ0n) is 17.0. The Balaban J connectivity index is 1.81. The van der Waals surface area contributed by atoms with Gasteiger partial charge < -0.3 is 10.5 Å². The highest BCUT2D eigenvalue weighted by atomic mass is 32.2. The van der Waals surface area contributed by atoms with Crippen LogP contribution in [0.15, 0.2) is 59.6 Å². The van der Waals surface area contributed by atoms with Gasteiger partial charge in [-0.1, -0.05) is 18.6 Å². The molecule has 0 unspecified atom stereocenters. The van der Waals surface area contributed by atoms with Crippen molar-refractivity contribution in [1.29, 1.82) is 0 Å². The number of nitrogen functional groups attached to an aromatic ring is 1. The van der Waals surface area contributed by atoms with E-state index in [1.165, 1.54) is 16.4 Å². The number of piperidine rings is 1. The molecule has 1 fully saturated rings. The number of rotatable bonds is 5. The van der Waals surface area contributed by atoms with Gasteiger partial charge in [-0.05, 0) is 54.8 Å². The molecular formula is C22H23FN4O3S. The monoisotopic (exact) mass is 442 g/mol. The lowest BCUT2D eigenvalue weighted by Gasteiger charge is -2.35. The number of sulfonamides is 1. The molecule has 2 heterocycles. The Kier molecular flexibility index (Phi) is 5.88. The van der Waals surface area contributed by atoms with Crippen LogP contribution in [0.4, 0.5) is 10.3 Å². The van der Waals surface area contributed by atoms with Crippen LogP contribution in [0, 0.1) is 5.82 Å². The van der Waals surface area contributed by atoms with E-state index in [2.05, 4.69) is 9.97 Å². The van der Waals surface area contributed by atoms with Crippen LogP contribution in [-0.2, 0) is 10.0 Å². The fourth-order valence-corrected chi connectivity index (χ4v) is 5.54. The molecule has 3 aromatic rings. The maximum Gasteiger partial charge on any atom is 0.243 e. The number of hydrogen-bond acceptors (Lipinski definition) is 6. The van der Waals surface area contributed by atoms with Crippen LogP contribution in [0.25, 0.3) is 11.1 Å². The molecule has 2 aromatic carbocycles. The second-order valence-electron chi connectivity index (χ2n) is 7.34. The van der Waals surface area contributed by atoms with E-state index in [1.54, 1.807) is 13.3 Å². The van der Waals surface area contributed by atoms with Crippen molar-refractivity contribution in [3.8, 4) is 16.9 Å². The standard InChI is InChI=1S/C22H23FN4O3S/c1-30-17-6-4-5-15(13-17)19-14-25-22(24)26-21(19)20-7-2-3-12-27(20)31(28,29)18-10-8-16(23)9-11-18/h4-6,8-11,13-14,20H,2-3,7,12H2,1H3,(H2,24,25,26)/t20-/m1/s1. The zero-order chi connectivity index (χ0) is 22.0. The zero-order valence-corrected chi connectivity index (χ0v) is 17.8. The van der Waals surface area contributed by atoms with Crippen LogP contribution in [0.1, 0.15) is 31.0 Å². The van der Waals surface area contributed by atoms with Gasteiger partial charge in [-0.2, -0.15) is 4.31 Å². The number of anilines is 1. The average molecular weight is 443 g/mol. The van der Waals surface area contributed by atoms with Crippen LogP contribution in [-0.4, -0.2) is 36.3 Å². The number of nitrogens with two attached hydrogens (primary N) is 1. The Labute approximate surface area is 180 Å². The molecule has 0 spiro atoms. The summed E-state index contributed by atoms with van der Waals surface area (Å²) in [6, 6.07) is 11.8. The van der Waals surface area contributed by atoms with E-state index in [0.717, 1.165) is 30.5 Å². The molecule has 4 rings (SSSR count). The van der Waals surface area contributed by atoms with Gasteiger partial charge >= 0.3 is 0 Å². The topological polar surface area (TPSA) is 98.4 Å². The van der Waals surface area contributed by atoms with Crippen molar-refractivity contribution < 1.29 is 17.5 Å². The summed E-state index contributed by atoms with van der Waals surface area (Å²) >= 11 is 0. The molecule has 1 aliphatic rings. The van der Waals surface area contributed by atoms with Crippen molar-refractivity contribution in [1.82, 2.24) is 14.3 Å². The van der Waals surface area contributed by atoms with E-state index < -0.39 is 21.9 Å². The van der Waals surface area contributed by atoms with Crippen molar-refractivity contribution in [3.05, 3.63) is 66.2 Å². The number of ether oxygens (including phenoxy) is 1.